The van der Waals surface area contributed by atoms with E-state index in [0.29, 0.717) is 30.6 Å². The zero-order valence-corrected chi connectivity index (χ0v) is 16.5. The highest BCUT2D eigenvalue weighted by atomic mass is 16.4. The Bertz CT molecular complexity index is 847. The molecule has 1 aromatic carbocycles. The molecule has 0 aliphatic carbocycles. The fraction of sp³-hybridized carbons (Fsp3) is 0.524. The number of carbonyl (C=O) groups excluding carboxylic acids is 3. The number of benzene rings is 1. The first-order valence-electron chi connectivity index (χ1n) is 9.76. The number of imide groups is 1. The van der Waals surface area contributed by atoms with Crippen molar-refractivity contribution in [3.05, 3.63) is 34.9 Å². The molecule has 0 saturated carbocycles. The second kappa shape index (κ2) is 7.37. The molecule has 1 fully saturated rings. The molecule has 3 rings (SSSR count). The zero-order valence-electron chi connectivity index (χ0n) is 16.5. The Balaban J connectivity index is 1.83. The van der Waals surface area contributed by atoms with Crippen molar-refractivity contribution in [3.63, 3.8) is 0 Å². The second-order valence-electron chi connectivity index (χ2n) is 7.97. The SMILES string of the molecule is CCCCN1C(=O)c2ccc(C(=O)N3CCC(C(=O)O)(C(C)C)C3)cc2C1=O. The quantitative estimate of drug-likeness (QED) is 0.759. The van der Waals surface area contributed by atoms with Crippen molar-refractivity contribution in [2.75, 3.05) is 19.6 Å². The van der Waals surface area contributed by atoms with Gasteiger partial charge in [-0.1, -0.05) is 27.2 Å². The van der Waals surface area contributed by atoms with Crippen LogP contribution >= 0.6 is 0 Å². The number of aliphatic carboxylic acids is 1. The Labute approximate surface area is 164 Å². The molecule has 1 atom stereocenters. The van der Waals surface area contributed by atoms with E-state index in [2.05, 4.69) is 0 Å². The Morgan fingerprint density at radius 2 is 1.86 bits per heavy atom. The number of hydrogen-bond donors (Lipinski definition) is 1. The van der Waals surface area contributed by atoms with Gasteiger partial charge in [-0.15, -0.1) is 0 Å². The minimum absolute atomic E-state index is 0.103. The van der Waals surface area contributed by atoms with E-state index in [-0.39, 0.29) is 35.7 Å². The number of carboxylic acids is 1. The van der Waals surface area contributed by atoms with Gasteiger partial charge >= 0.3 is 5.97 Å². The van der Waals surface area contributed by atoms with Gasteiger partial charge in [0.25, 0.3) is 17.7 Å². The number of nitrogens with zero attached hydrogens (tertiary/aromatic N) is 2. The van der Waals surface area contributed by atoms with Gasteiger partial charge in [-0.2, -0.15) is 0 Å². The van der Waals surface area contributed by atoms with E-state index in [4.69, 9.17) is 0 Å². The molecular weight excluding hydrogens is 360 g/mol. The van der Waals surface area contributed by atoms with Crippen LogP contribution in [0.15, 0.2) is 18.2 Å². The number of hydrogen-bond acceptors (Lipinski definition) is 4. The van der Waals surface area contributed by atoms with Crippen LogP contribution in [0.2, 0.25) is 0 Å². The number of fused-ring (bicyclic) bond motifs is 1. The lowest BCUT2D eigenvalue weighted by Gasteiger charge is -2.28. The molecule has 0 radical (unpaired) electrons. The van der Waals surface area contributed by atoms with Crippen molar-refractivity contribution in [2.24, 2.45) is 11.3 Å². The van der Waals surface area contributed by atoms with E-state index in [1.807, 2.05) is 20.8 Å². The van der Waals surface area contributed by atoms with E-state index in [9.17, 15) is 24.3 Å². The molecule has 7 nitrogen and oxygen atoms in total. The minimum atomic E-state index is -0.949. The van der Waals surface area contributed by atoms with Crippen LogP contribution in [0.4, 0.5) is 0 Å². The lowest BCUT2D eigenvalue weighted by Crippen LogP contribution is -2.40. The van der Waals surface area contributed by atoms with E-state index < -0.39 is 11.4 Å². The fourth-order valence-electron chi connectivity index (χ4n) is 4.02. The molecule has 1 aromatic rings. The molecule has 2 aliphatic rings. The first kappa shape index (κ1) is 20.0. The standard InChI is InChI=1S/C21H26N2O5/c1-4-5-9-23-18(25)15-7-6-14(11-16(15)19(23)26)17(24)22-10-8-21(12-22,13(2)3)20(27)28/h6-7,11,13H,4-5,8-10,12H2,1-3H3,(H,27,28). The molecule has 28 heavy (non-hydrogen) atoms. The topological polar surface area (TPSA) is 95.0 Å². The Morgan fingerprint density at radius 3 is 2.43 bits per heavy atom. The molecule has 0 bridgehead atoms. The Kier molecular flexibility index (Phi) is 5.28. The third-order valence-electron chi connectivity index (χ3n) is 6.07. The lowest BCUT2D eigenvalue weighted by atomic mass is 9.76. The zero-order chi connectivity index (χ0) is 20.6. The van der Waals surface area contributed by atoms with Gasteiger partial charge in [-0.05, 0) is 37.0 Å². The summed E-state index contributed by atoms with van der Waals surface area (Å²) in [4.78, 5) is 52.5. The predicted molar refractivity (Wildman–Crippen MR) is 102 cm³/mol. The number of carbonyl (C=O) groups is 4. The van der Waals surface area contributed by atoms with Crippen LogP contribution < -0.4 is 0 Å². The summed E-state index contributed by atoms with van der Waals surface area (Å²) in [7, 11) is 0. The van der Waals surface area contributed by atoms with Crippen molar-refractivity contribution in [3.8, 4) is 0 Å². The van der Waals surface area contributed by atoms with Gasteiger partial charge in [0.05, 0.1) is 16.5 Å². The van der Waals surface area contributed by atoms with E-state index in [0.717, 1.165) is 12.8 Å². The van der Waals surface area contributed by atoms with Crippen LogP contribution in [0.1, 0.15) is 71.1 Å². The van der Waals surface area contributed by atoms with Crippen LogP contribution in [-0.4, -0.2) is 58.2 Å². The average molecular weight is 386 g/mol. The fourth-order valence-corrected chi connectivity index (χ4v) is 4.02. The number of rotatable bonds is 6. The number of amides is 3. The maximum absolute atomic E-state index is 12.9. The van der Waals surface area contributed by atoms with Crippen molar-refractivity contribution in [1.82, 2.24) is 9.80 Å². The largest absolute Gasteiger partial charge is 0.481 e. The lowest BCUT2D eigenvalue weighted by molar-refractivity contribution is -0.150. The smallest absolute Gasteiger partial charge is 0.311 e. The summed E-state index contributed by atoms with van der Waals surface area (Å²) < 4.78 is 0. The highest BCUT2D eigenvalue weighted by molar-refractivity contribution is 6.22. The summed E-state index contributed by atoms with van der Waals surface area (Å²) in [6.07, 6.45) is 2.00. The number of carboxylic acid groups (broad SMARTS) is 1. The highest BCUT2D eigenvalue weighted by Gasteiger charge is 2.48. The van der Waals surface area contributed by atoms with E-state index in [1.54, 1.807) is 6.07 Å². The van der Waals surface area contributed by atoms with Gasteiger partial charge in [0.1, 0.15) is 0 Å². The summed E-state index contributed by atoms with van der Waals surface area (Å²) >= 11 is 0. The average Bonchev–Trinajstić information content (AvgIpc) is 3.22. The summed E-state index contributed by atoms with van der Waals surface area (Å²) in [5.74, 6) is -1.99. The Hall–Kier alpha value is -2.70. The number of likely N-dealkylation sites (tertiary alicyclic amines) is 1. The van der Waals surface area contributed by atoms with Gasteiger partial charge < -0.3 is 10.0 Å². The van der Waals surface area contributed by atoms with Crippen LogP contribution in [-0.2, 0) is 4.79 Å². The molecule has 1 unspecified atom stereocenters. The Morgan fingerprint density at radius 1 is 1.18 bits per heavy atom. The van der Waals surface area contributed by atoms with E-state index >= 15 is 0 Å². The number of unbranched alkanes of at least 4 members (excludes halogenated alkanes) is 1. The molecule has 2 heterocycles. The summed E-state index contributed by atoms with van der Waals surface area (Å²) in [6.45, 7) is 6.56. The maximum Gasteiger partial charge on any atom is 0.311 e. The summed E-state index contributed by atoms with van der Waals surface area (Å²) in [5.41, 5.74) is -0.0717. The van der Waals surface area contributed by atoms with Gasteiger partial charge in [0.15, 0.2) is 0 Å². The van der Waals surface area contributed by atoms with Gasteiger partial charge in [-0.25, -0.2) is 0 Å². The maximum atomic E-state index is 12.9. The summed E-state index contributed by atoms with van der Waals surface area (Å²) in [6, 6.07) is 4.55. The molecular formula is C21H26N2O5. The molecule has 7 heteroatoms. The van der Waals surface area contributed by atoms with Crippen LogP contribution in [0, 0.1) is 11.3 Å². The van der Waals surface area contributed by atoms with Gasteiger partial charge in [0.2, 0.25) is 0 Å². The van der Waals surface area contributed by atoms with Crippen molar-refractivity contribution < 1.29 is 24.3 Å². The summed E-state index contributed by atoms with van der Waals surface area (Å²) in [5, 5.41) is 9.67. The highest BCUT2D eigenvalue weighted by Crippen LogP contribution is 2.39. The van der Waals surface area contributed by atoms with E-state index in [1.165, 1.54) is 21.9 Å². The molecule has 1 saturated heterocycles. The minimum Gasteiger partial charge on any atom is -0.481 e. The molecule has 0 spiro atoms. The first-order valence-corrected chi connectivity index (χ1v) is 9.76. The molecule has 150 valence electrons. The second-order valence-corrected chi connectivity index (χ2v) is 7.97. The monoisotopic (exact) mass is 386 g/mol. The van der Waals surface area contributed by atoms with Crippen molar-refractivity contribution >= 4 is 23.7 Å². The van der Waals surface area contributed by atoms with Crippen molar-refractivity contribution in [1.29, 1.82) is 0 Å². The van der Waals surface area contributed by atoms with Crippen LogP contribution in [0.5, 0.6) is 0 Å². The normalized spacial score (nSPS) is 21.6. The first-order chi connectivity index (χ1) is 13.2. The third-order valence-corrected chi connectivity index (χ3v) is 6.07. The van der Waals surface area contributed by atoms with Gasteiger partial charge in [0, 0.05) is 25.2 Å². The molecule has 1 N–H and O–H groups in total. The predicted octanol–water partition coefficient (Wildman–Crippen LogP) is 2.66. The van der Waals surface area contributed by atoms with Crippen LogP contribution in [0.25, 0.3) is 0 Å². The molecule has 3 amide bonds. The molecule has 0 aromatic heterocycles. The van der Waals surface area contributed by atoms with Crippen molar-refractivity contribution in [2.45, 2.75) is 40.0 Å². The van der Waals surface area contributed by atoms with Gasteiger partial charge in [-0.3, -0.25) is 24.1 Å². The molecule has 2 aliphatic heterocycles. The van der Waals surface area contributed by atoms with Crippen LogP contribution in [0.3, 0.4) is 0 Å². The third kappa shape index (κ3) is 3.08.